The fourth-order valence-electron chi connectivity index (χ4n) is 1.44. The first-order valence-electron chi connectivity index (χ1n) is 5.34. The van der Waals surface area contributed by atoms with Crippen molar-refractivity contribution in [2.75, 3.05) is 7.11 Å². The Labute approximate surface area is 113 Å². The number of rotatable bonds is 4. The molecule has 1 aromatic carbocycles. The minimum absolute atomic E-state index is 0.0509. The van der Waals surface area contributed by atoms with Crippen LogP contribution in [0.2, 0.25) is 0 Å². The SMILES string of the molecule is COc1ccc(/C=C/c2ncc(C(=O)O)s2)cc1O. The van der Waals surface area contributed by atoms with Gasteiger partial charge in [-0.2, -0.15) is 0 Å². The van der Waals surface area contributed by atoms with Gasteiger partial charge in [-0.05, 0) is 23.8 Å². The molecule has 0 saturated carbocycles. The van der Waals surface area contributed by atoms with Crippen LogP contribution in [0.3, 0.4) is 0 Å². The molecule has 5 nitrogen and oxygen atoms in total. The standard InChI is InChI=1S/C13H11NO4S/c1-18-10-4-2-8(6-9(10)15)3-5-12-14-7-11(19-12)13(16)17/h2-7,15H,1H3,(H,16,17)/b5-3+. The van der Waals surface area contributed by atoms with Crippen LogP contribution in [0.4, 0.5) is 0 Å². The van der Waals surface area contributed by atoms with Gasteiger partial charge in [0.25, 0.3) is 0 Å². The maximum absolute atomic E-state index is 10.7. The number of carboxylic acid groups (broad SMARTS) is 1. The van der Waals surface area contributed by atoms with Gasteiger partial charge >= 0.3 is 5.97 Å². The van der Waals surface area contributed by atoms with Gasteiger partial charge in [0.1, 0.15) is 9.88 Å². The summed E-state index contributed by atoms with van der Waals surface area (Å²) >= 11 is 1.09. The molecule has 2 rings (SSSR count). The number of phenolic OH excluding ortho intramolecular Hbond substituents is 1. The first-order chi connectivity index (χ1) is 9.10. The van der Waals surface area contributed by atoms with Crippen LogP contribution in [0.1, 0.15) is 20.2 Å². The molecule has 1 heterocycles. The van der Waals surface area contributed by atoms with Crippen LogP contribution in [0, 0.1) is 0 Å². The Bertz CT molecular complexity index is 633. The van der Waals surface area contributed by atoms with E-state index in [0.717, 1.165) is 16.9 Å². The third-order valence-corrected chi connectivity index (χ3v) is 3.31. The summed E-state index contributed by atoms with van der Waals surface area (Å²) in [6.45, 7) is 0. The van der Waals surface area contributed by atoms with E-state index >= 15 is 0 Å². The molecule has 0 unspecified atom stereocenters. The molecule has 0 spiro atoms. The van der Waals surface area contributed by atoms with Crippen LogP contribution >= 0.6 is 11.3 Å². The van der Waals surface area contributed by atoms with Crippen LogP contribution in [0.5, 0.6) is 11.5 Å². The minimum Gasteiger partial charge on any atom is -0.504 e. The van der Waals surface area contributed by atoms with E-state index in [-0.39, 0.29) is 10.6 Å². The summed E-state index contributed by atoms with van der Waals surface area (Å²) in [7, 11) is 1.48. The third-order valence-electron chi connectivity index (χ3n) is 2.36. The number of nitrogens with zero attached hydrogens (tertiary/aromatic N) is 1. The zero-order chi connectivity index (χ0) is 13.8. The quantitative estimate of drug-likeness (QED) is 0.898. The van der Waals surface area contributed by atoms with Crippen molar-refractivity contribution in [3.05, 3.63) is 39.8 Å². The summed E-state index contributed by atoms with van der Waals surface area (Å²) in [5.74, 6) is -0.534. The molecule has 2 aromatic rings. The number of thiazole rings is 1. The van der Waals surface area contributed by atoms with Gasteiger partial charge in [0.05, 0.1) is 13.3 Å². The molecule has 0 aliphatic rings. The molecule has 1 aromatic heterocycles. The van der Waals surface area contributed by atoms with E-state index in [1.807, 2.05) is 0 Å². The van der Waals surface area contributed by atoms with Crippen molar-refractivity contribution in [1.82, 2.24) is 4.98 Å². The Hall–Kier alpha value is -2.34. The van der Waals surface area contributed by atoms with Gasteiger partial charge in [0.2, 0.25) is 0 Å². The maximum atomic E-state index is 10.7. The van der Waals surface area contributed by atoms with Gasteiger partial charge in [0.15, 0.2) is 11.5 Å². The van der Waals surface area contributed by atoms with Crippen LogP contribution in [0.25, 0.3) is 12.2 Å². The van der Waals surface area contributed by atoms with Gasteiger partial charge in [0, 0.05) is 0 Å². The van der Waals surface area contributed by atoms with Gasteiger partial charge in [-0.25, -0.2) is 9.78 Å². The average Bonchev–Trinajstić information content (AvgIpc) is 2.85. The smallest absolute Gasteiger partial charge is 0.347 e. The number of carbonyl (C=O) groups is 1. The molecule has 0 radical (unpaired) electrons. The lowest BCUT2D eigenvalue weighted by atomic mass is 10.2. The van der Waals surface area contributed by atoms with Crippen LogP contribution in [0.15, 0.2) is 24.4 Å². The molecule has 0 bridgehead atoms. The van der Waals surface area contributed by atoms with Crippen molar-refractivity contribution in [2.45, 2.75) is 0 Å². The number of benzene rings is 1. The van der Waals surface area contributed by atoms with E-state index in [0.29, 0.717) is 10.8 Å². The topological polar surface area (TPSA) is 79.7 Å². The lowest BCUT2D eigenvalue weighted by molar-refractivity contribution is 0.0702. The number of aromatic nitrogens is 1. The Morgan fingerprint density at radius 2 is 2.21 bits per heavy atom. The molecular weight excluding hydrogens is 266 g/mol. The number of aromatic carboxylic acids is 1. The van der Waals surface area contributed by atoms with Crippen molar-refractivity contribution in [1.29, 1.82) is 0 Å². The second kappa shape index (κ2) is 5.53. The van der Waals surface area contributed by atoms with Crippen LogP contribution < -0.4 is 4.74 Å². The van der Waals surface area contributed by atoms with E-state index in [9.17, 15) is 9.90 Å². The highest BCUT2D eigenvalue weighted by atomic mass is 32.1. The predicted molar refractivity (Wildman–Crippen MR) is 72.7 cm³/mol. The van der Waals surface area contributed by atoms with Crippen LogP contribution in [-0.4, -0.2) is 28.3 Å². The highest BCUT2D eigenvalue weighted by Crippen LogP contribution is 2.27. The van der Waals surface area contributed by atoms with E-state index in [1.165, 1.54) is 13.3 Å². The highest BCUT2D eigenvalue weighted by Gasteiger charge is 2.06. The fourth-order valence-corrected chi connectivity index (χ4v) is 2.10. The predicted octanol–water partition coefficient (Wildman–Crippen LogP) is 2.73. The monoisotopic (exact) mass is 277 g/mol. The molecule has 2 N–H and O–H groups in total. The molecule has 0 aliphatic carbocycles. The van der Waals surface area contributed by atoms with E-state index < -0.39 is 5.97 Å². The number of ether oxygens (including phenoxy) is 1. The summed E-state index contributed by atoms with van der Waals surface area (Å²) in [4.78, 5) is 14.9. The first kappa shape index (κ1) is 13.1. The maximum Gasteiger partial charge on any atom is 0.347 e. The number of hydrogen-bond acceptors (Lipinski definition) is 5. The zero-order valence-corrected chi connectivity index (χ0v) is 10.8. The molecule has 0 atom stereocenters. The first-order valence-corrected chi connectivity index (χ1v) is 6.16. The Morgan fingerprint density at radius 3 is 2.79 bits per heavy atom. The van der Waals surface area contributed by atoms with E-state index in [2.05, 4.69) is 4.98 Å². The number of carboxylic acids is 1. The largest absolute Gasteiger partial charge is 0.504 e. The molecule has 0 aliphatic heterocycles. The van der Waals surface area contributed by atoms with Gasteiger partial charge < -0.3 is 14.9 Å². The van der Waals surface area contributed by atoms with Crippen molar-refractivity contribution in [2.24, 2.45) is 0 Å². The second-order valence-corrected chi connectivity index (χ2v) is 4.69. The fraction of sp³-hybridized carbons (Fsp3) is 0.0769. The lowest BCUT2D eigenvalue weighted by Gasteiger charge is -2.02. The normalized spacial score (nSPS) is 10.8. The third kappa shape index (κ3) is 3.11. The van der Waals surface area contributed by atoms with Crippen molar-refractivity contribution in [3.63, 3.8) is 0 Å². The summed E-state index contributed by atoms with van der Waals surface area (Å²) in [5.41, 5.74) is 0.769. The van der Waals surface area contributed by atoms with Gasteiger partial charge in [-0.1, -0.05) is 12.1 Å². The van der Waals surface area contributed by atoms with Gasteiger partial charge in [-0.3, -0.25) is 0 Å². The number of aromatic hydroxyl groups is 1. The van der Waals surface area contributed by atoms with Gasteiger partial charge in [-0.15, -0.1) is 11.3 Å². The summed E-state index contributed by atoms with van der Waals surface area (Å²) < 4.78 is 4.94. The lowest BCUT2D eigenvalue weighted by Crippen LogP contribution is -1.89. The molecular formula is C13H11NO4S. The van der Waals surface area contributed by atoms with E-state index in [1.54, 1.807) is 30.4 Å². The van der Waals surface area contributed by atoms with Crippen molar-refractivity contribution < 1.29 is 19.7 Å². The Kier molecular flexibility index (Phi) is 3.82. The summed E-state index contributed by atoms with van der Waals surface area (Å²) in [5, 5.41) is 19.0. The molecule has 6 heteroatoms. The second-order valence-electron chi connectivity index (χ2n) is 3.63. The van der Waals surface area contributed by atoms with E-state index in [4.69, 9.17) is 9.84 Å². The molecule has 19 heavy (non-hydrogen) atoms. The number of hydrogen-bond donors (Lipinski definition) is 2. The Morgan fingerprint density at radius 1 is 1.42 bits per heavy atom. The molecule has 0 saturated heterocycles. The highest BCUT2D eigenvalue weighted by molar-refractivity contribution is 7.14. The summed E-state index contributed by atoms with van der Waals surface area (Å²) in [6, 6.07) is 4.99. The summed E-state index contributed by atoms with van der Waals surface area (Å²) in [6.07, 6.45) is 4.75. The number of phenols is 1. The van der Waals surface area contributed by atoms with Crippen molar-refractivity contribution >= 4 is 29.5 Å². The number of methoxy groups -OCH3 is 1. The Balaban J connectivity index is 2.17. The zero-order valence-electron chi connectivity index (χ0n) is 10.0. The van der Waals surface area contributed by atoms with Crippen molar-refractivity contribution in [3.8, 4) is 11.5 Å². The molecule has 0 amide bonds. The van der Waals surface area contributed by atoms with Crippen LogP contribution in [-0.2, 0) is 0 Å². The minimum atomic E-state index is -0.987. The molecule has 98 valence electrons. The molecule has 0 fully saturated rings. The average molecular weight is 277 g/mol.